The Hall–Kier alpha value is -1.68. The van der Waals surface area contributed by atoms with Crippen LogP contribution in [-0.2, 0) is 25.6 Å². The fourth-order valence-corrected chi connectivity index (χ4v) is 2.22. The molecule has 1 aromatic rings. The summed E-state index contributed by atoms with van der Waals surface area (Å²) in [6.45, 7) is 8.32. The van der Waals surface area contributed by atoms with Crippen LogP contribution < -0.4 is 0 Å². The molecule has 0 aromatic heterocycles. The van der Waals surface area contributed by atoms with E-state index in [1.807, 2.05) is 30.3 Å². The summed E-state index contributed by atoms with van der Waals surface area (Å²) >= 11 is 0. The lowest BCUT2D eigenvalue weighted by Gasteiger charge is -2.17. The molecule has 0 aliphatic rings. The van der Waals surface area contributed by atoms with Crippen LogP contribution in [0.5, 0.6) is 0 Å². The monoisotopic (exact) mass is 350 g/mol. The van der Waals surface area contributed by atoms with Crippen molar-refractivity contribution in [2.75, 3.05) is 20.0 Å². The summed E-state index contributed by atoms with van der Waals surface area (Å²) in [4.78, 5) is 0. The zero-order valence-electron chi connectivity index (χ0n) is 16.1. The normalized spacial score (nSPS) is 11.8. The Bertz CT molecular complexity index is 456. The van der Waals surface area contributed by atoms with Crippen molar-refractivity contribution in [3.8, 4) is 0 Å². The Labute approximate surface area is 153 Å². The third kappa shape index (κ3) is 10.0. The first-order valence-corrected chi connectivity index (χ1v) is 9.54. The van der Waals surface area contributed by atoms with E-state index in [4.69, 9.17) is 18.9 Å². The van der Waals surface area contributed by atoms with Gasteiger partial charge in [0.15, 0.2) is 12.6 Å². The molecule has 4 nitrogen and oxygen atoms in total. The van der Waals surface area contributed by atoms with Crippen LogP contribution in [0.4, 0.5) is 0 Å². The first kappa shape index (κ1) is 21.4. The minimum absolute atomic E-state index is 0.153. The van der Waals surface area contributed by atoms with Crippen LogP contribution in [0.2, 0.25) is 0 Å². The molecule has 0 N–H and O–H groups in total. The quantitative estimate of drug-likeness (QED) is 0.228. The molecule has 1 aromatic carbocycles. The van der Waals surface area contributed by atoms with Crippen LogP contribution in [0, 0.1) is 0 Å². The second kappa shape index (κ2) is 14.6. The molecule has 0 aliphatic heterocycles. The number of allylic oxidation sites excluding steroid dienone is 1. The molecular weight excluding hydrogens is 316 g/mol. The number of unbranched alkanes of at least 4 members (excludes halogenated alkanes) is 2. The standard InChI is InChI=1S/C21H34O4/c1-4-7-9-14-20(23-15-5-2)21(24-16-6-3)25-18-22-17-19-12-10-8-11-13-19/h8,10-13H,4-7,9,14-18H2,1-3H3. The average molecular weight is 350 g/mol. The Morgan fingerprint density at radius 1 is 0.800 bits per heavy atom. The molecule has 0 spiro atoms. The molecule has 0 saturated heterocycles. The first-order valence-electron chi connectivity index (χ1n) is 9.54. The highest BCUT2D eigenvalue weighted by molar-refractivity contribution is 5.13. The molecule has 142 valence electrons. The Balaban J connectivity index is 2.58. The molecule has 0 unspecified atom stereocenters. The van der Waals surface area contributed by atoms with Gasteiger partial charge in [0.2, 0.25) is 0 Å². The van der Waals surface area contributed by atoms with Gasteiger partial charge in [-0.15, -0.1) is 0 Å². The Morgan fingerprint density at radius 2 is 1.52 bits per heavy atom. The highest BCUT2D eigenvalue weighted by atomic mass is 16.7. The number of ether oxygens (including phenoxy) is 4. The van der Waals surface area contributed by atoms with E-state index in [-0.39, 0.29) is 6.79 Å². The van der Waals surface area contributed by atoms with Gasteiger partial charge in [-0.3, -0.25) is 0 Å². The molecule has 0 amide bonds. The van der Waals surface area contributed by atoms with Crippen molar-refractivity contribution in [2.24, 2.45) is 0 Å². The maximum absolute atomic E-state index is 5.89. The fourth-order valence-electron chi connectivity index (χ4n) is 2.22. The molecular formula is C21H34O4. The molecule has 25 heavy (non-hydrogen) atoms. The van der Waals surface area contributed by atoms with Crippen LogP contribution in [0.1, 0.15) is 64.9 Å². The van der Waals surface area contributed by atoms with E-state index in [1.54, 1.807) is 0 Å². The number of rotatable bonds is 15. The van der Waals surface area contributed by atoms with Crippen molar-refractivity contribution in [2.45, 2.75) is 65.9 Å². The highest BCUT2D eigenvalue weighted by Crippen LogP contribution is 2.18. The van der Waals surface area contributed by atoms with Gasteiger partial charge in [-0.05, 0) is 24.8 Å². The third-order valence-electron chi connectivity index (χ3n) is 3.54. The lowest BCUT2D eigenvalue weighted by molar-refractivity contribution is -0.0890. The van der Waals surface area contributed by atoms with Gasteiger partial charge in [0.1, 0.15) is 0 Å². The average Bonchev–Trinajstić information content (AvgIpc) is 2.65. The van der Waals surface area contributed by atoms with Crippen LogP contribution in [-0.4, -0.2) is 20.0 Å². The van der Waals surface area contributed by atoms with Crippen molar-refractivity contribution in [1.82, 2.24) is 0 Å². The van der Waals surface area contributed by atoms with Gasteiger partial charge in [-0.1, -0.05) is 63.9 Å². The van der Waals surface area contributed by atoms with Gasteiger partial charge in [0.25, 0.3) is 0 Å². The summed E-state index contributed by atoms with van der Waals surface area (Å²) in [7, 11) is 0. The number of benzene rings is 1. The molecule has 0 aliphatic carbocycles. The van der Waals surface area contributed by atoms with Gasteiger partial charge >= 0.3 is 5.95 Å². The smallest absolute Gasteiger partial charge is 0.321 e. The Kier molecular flexibility index (Phi) is 12.5. The Morgan fingerprint density at radius 3 is 2.20 bits per heavy atom. The van der Waals surface area contributed by atoms with E-state index in [1.165, 1.54) is 12.8 Å². The van der Waals surface area contributed by atoms with E-state index >= 15 is 0 Å². The lowest BCUT2D eigenvalue weighted by Crippen LogP contribution is -2.09. The van der Waals surface area contributed by atoms with Crippen molar-refractivity contribution in [1.29, 1.82) is 0 Å². The van der Waals surface area contributed by atoms with Gasteiger partial charge < -0.3 is 18.9 Å². The van der Waals surface area contributed by atoms with Gasteiger partial charge in [0, 0.05) is 6.42 Å². The van der Waals surface area contributed by atoms with Crippen LogP contribution in [0.3, 0.4) is 0 Å². The van der Waals surface area contributed by atoms with Crippen molar-refractivity contribution in [3.05, 3.63) is 47.6 Å². The molecule has 0 bridgehead atoms. The van der Waals surface area contributed by atoms with Crippen molar-refractivity contribution >= 4 is 0 Å². The SMILES string of the molecule is CCCCCC(OCCC)=C(OCCC)OCOCc1ccccc1. The van der Waals surface area contributed by atoms with Crippen LogP contribution >= 0.6 is 0 Å². The number of hydrogen-bond acceptors (Lipinski definition) is 4. The summed E-state index contributed by atoms with van der Waals surface area (Å²) in [5.41, 5.74) is 1.12. The lowest BCUT2D eigenvalue weighted by atomic mass is 10.2. The van der Waals surface area contributed by atoms with Crippen LogP contribution in [0.25, 0.3) is 0 Å². The summed E-state index contributed by atoms with van der Waals surface area (Å²) < 4.78 is 23.1. The van der Waals surface area contributed by atoms with E-state index in [0.717, 1.165) is 37.0 Å². The maximum atomic E-state index is 5.89. The molecule has 0 heterocycles. The zero-order valence-corrected chi connectivity index (χ0v) is 16.1. The largest absolute Gasteiger partial charge is 0.491 e. The molecule has 4 heteroatoms. The topological polar surface area (TPSA) is 36.9 Å². The van der Waals surface area contributed by atoms with E-state index in [0.29, 0.717) is 25.8 Å². The minimum Gasteiger partial charge on any atom is -0.491 e. The predicted molar refractivity (Wildman–Crippen MR) is 101 cm³/mol. The molecule has 0 radical (unpaired) electrons. The first-order chi connectivity index (χ1) is 12.3. The predicted octanol–water partition coefficient (Wildman–Crippen LogP) is 5.78. The summed E-state index contributed by atoms with van der Waals surface area (Å²) in [6, 6.07) is 10.1. The zero-order chi connectivity index (χ0) is 18.2. The summed E-state index contributed by atoms with van der Waals surface area (Å²) in [5.74, 6) is 1.30. The van der Waals surface area contributed by atoms with Gasteiger partial charge in [0.05, 0.1) is 19.8 Å². The maximum Gasteiger partial charge on any atom is 0.321 e. The summed E-state index contributed by atoms with van der Waals surface area (Å²) in [6.07, 6.45) is 6.14. The van der Waals surface area contributed by atoms with E-state index < -0.39 is 0 Å². The van der Waals surface area contributed by atoms with Gasteiger partial charge in [-0.2, -0.15) is 0 Å². The van der Waals surface area contributed by atoms with Crippen molar-refractivity contribution in [3.63, 3.8) is 0 Å². The van der Waals surface area contributed by atoms with Gasteiger partial charge in [-0.25, -0.2) is 0 Å². The summed E-state index contributed by atoms with van der Waals surface area (Å²) in [5, 5.41) is 0. The second-order valence-electron chi connectivity index (χ2n) is 5.96. The van der Waals surface area contributed by atoms with Crippen molar-refractivity contribution < 1.29 is 18.9 Å². The fraction of sp³-hybridized carbons (Fsp3) is 0.619. The molecule has 1 rings (SSSR count). The molecule has 0 fully saturated rings. The molecule has 0 saturated carbocycles. The number of hydrogen-bond donors (Lipinski definition) is 0. The third-order valence-corrected chi connectivity index (χ3v) is 3.54. The molecule has 0 atom stereocenters. The minimum atomic E-state index is 0.153. The van der Waals surface area contributed by atoms with E-state index in [9.17, 15) is 0 Å². The highest BCUT2D eigenvalue weighted by Gasteiger charge is 2.12. The van der Waals surface area contributed by atoms with Crippen LogP contribution in [0.15, 0.2) is 42.0 Å². The van der Waals surface area contributed by atoms with E-state index in [2.05, 4.69) is 20.8 Å². The second-order valence-corrected chi connectivity index (χ2v) is 5.96.